The number of hydrogen-bond acceptors (Lipinski definition) is 3. The molecule has 1 aliphatic heterocycles. The highest BCUT2D eigenvalue weighted by atomic mass is 35.5. The minimum absolute atomic E-state index is 0.0398. The minimum Gasteiger partial charge on any atom is -0.396 e. The second-order valence-corrected chi connectivity index (χ2v) is 7.27. The van der Waals surface area contributed by atoms with Crippen LogP contribution < -0.4 is 0 Å². The van der Waals surface area contributed by atoms with Crippen molar-refractivity contribution in [1.29, 1.82) is 0 Å². The highest BCUT2D eigenvalue weighted by molar-refractivity contribution is 7.88. The molecule has 1 aliphatic rings. The van der Waals surface area contributed by atoms with Crippen molar-refractivity contribution in [2.24, 2.45) is 5.92 Å². The molecule has 0 aromatic heterocycles. The largest absolute Gasteiger partial charge is 0.396 e. The summed E-state index contributed by atoms with van der Waals surface area (Å²) in [5, 5.41) is 9.64. The Hall–Kier alpha value is -0.620. The second kappa shape index (κ2) is 6.22. The van der Waals surface area contributed by atoms with Crippen molar-refractivity contribution in [3.63, 3.8) is 0 Å². The monoisotopic (exact) mass is 303 g/mol. The van der Waals surface area contributed by atoms with Crippen LogP contribution in [0.1, 0.15) is 18.4 Å². The fourth-order valence-corrected chi connectivity index (χ4v) is 4.29. The van der Waals surface area contributed by atoms with E-state index in [4.69, 9.17) is 16.7 Å². The first-order chi connectivity index (χ1) is 9.03. The Labute approximate surface area is 119 Å². The van der Waals surface area contributed by atoms with Gasteiger partial charge < -0.3 is 5.11 Å². The fraction of sp³-hybridized carbons (Fsp3) is 0.538. The molecule has 1 aromatic rings. The highest BCUT2D eigenvalue weighted by Crippen LogP contribution is 2.23. The number of aliphatic hydroxyl groups is 1. The van der Waals surface area contributed by atoms with Gasteiger partial charge in [-0.25, -0.2) is 12.7 Å². The summed E-state index contributed by atoms with van der Waals surface area (Å²) in [7, 11) is -3.36. The molecule has 1 heterocycles. The van der Waals surface area contributed by atoms with Gasteiger partial charge in [0.05, 0.1) is 5.75 Å². The number of aliphatic hydroxyl groups excluding tert-OH is 1. The molecule has 1 saturated heterocycles. The lowest BCUT2D eigenvalue weighted by Gasteiger charge is -2.31. The molecule has 0 spiro atoms. The summed E-state index contributed by atoms with van der Waals surface area (Å²) in [6.45, 7) is 0.977. The van der Waals surface area contributed by atoms with Crippen LogP contribution in [0.4, 0.5) is 0 Å². The summed E-state index contributed by atoms with van der Waals surface area (Å²) in [4.78, 5) is 0. The van der Waals surface area contributed by atoms with Crippen LogP contribution in [0.3, 0.4) is 0 Å². The predicted molar refractivity (Wildman–Crippen MR) is 75.5 cm³/mol. The molecular weight excluding hydrogens is 286 g/mol. The third-order valence-electron chi connectivity index (χ3n) is 3.43. The Kier molecular flexibility index (Phi) is 4.84. The first kappa shape index (κ1) is 14.8. The van der Waals surface area contributed by atoms with Crippen molar-refractivity contribution in [3.8, 4) is 0 Å². The van der Waals surface area contributed by atoms with Gasteiger partial charge in [-0.15, -0.1) is 0 Å². The van der Waals surface area contributed by atoms with Crippen LogP contribution >= 0.6 is 11.6 Å². The van der Waals surface area contributed by atoms with E-state index in [0.29, 0.717) is 23.7 Å². The maximum Gasteiger partial charge on any atom is 0.218 e. The lowest BCUT2D eigenvalue weighted by molar-refractivity contribution is 0.165. The topological polar surface area (TPSA) is 57.6 Å². The van der Waals surface area contributed by atoms with Crippen LogP contribution in [0.25, 0.3) is 0 Å². The zero-order valence-corrected chi connectivity index (χ0v) is 12.2. The lowest BCUT2D eigenvalue weighted by Crippen LogP contribution is -2.41. The van der Waals surface area contributed by atoms with E-state index in [1.807, 2.05) is 0 Å². The van der Waals surface area contributed by atoms with Crippen molar-refractivity contribution in [1.82, 2.24) is 4.31 Å². The van der Waals surface area contributed by atoms with Crippen molar-refractivity contribution in [3.05, 3.63) is 34.9 Å². The molecule has 19 heavy (non-hydrogen) atoms. The number of piperidine rings is 1. The van der Waals surface area contributed by atoms with Crippen molar-refractivity contribution in [2.75, 3.05) is 19.7 Å². The summed E-state index contributed by atoms with van der Waals surface area (Å²) in [5.41, 5.74) is 0.621. The SMILES string of the molecule is O=S(=O)(Cc1ccccc1Cl)N1CCCC(CO)C1. The van der Waals surface area contributed by atoms with E-state index in [1.165, 1.54) is 4.31 Å². The third kappa shape index (κ3) is 3.69. The number of sulfonamides is 1. The summed E-state index contributed by atoms with van der Waals surface area (Å²) < 4.78 is 26.2. The Morgan fingerprint density at radius 3 is 2.79 bits per heavy atom. The van der Waals surface area contributed by atoms with Crippen LogP contribution in [-0.4, -0.2) is 37.5 Å². The number of hydrogen-bond donors (Lipinski definition) is 1. The Bertz CT molecular complexity index is 532. The minimum atomic E-state index is -3.36. The Morgan fingerprint density at radius 2 is 2.11 bits per heavy atom. The fourth-order valence-electron chi connectivity index (χ4n) is 2.33. The first-order valence-electron chi connectivity index (χ1n) is 6.35. The van der Waals surface area contributed by atoms with Crippen molar-refractivity contribution >= 4 is 21.6 Å². The molecule has 2 rings (SSSR count). The van der Waals surface area contributed by atoms with Gasteiger partial charge in [-0.1, -0.05) is 29.8 Å². The van der Waals surface area contributed by atoms with E-state index in [-0.39, 0.29) is 18.3 Å². The average Bonchev–Trinajstić information content (AvgIpc) is 2.41. The third-order valence-corrected chi connectivity index (χ3v) is 5.59. The quantitative estimate of drug-likeness (QED) is 0.924. The molecular formula is C13H18ClNO3S. The maximum atomic E-state index is 12.4. The van der Waals surface area contributed by atoms with Crippen LogP contribution in [0.15, 0.2) is 24.3 Å². The van der Waals surface area contributed by atoms with Gasteiger partial charge in [-0.3, -0.25) is 0 Å². The Morgan fingerprint density at radius 1 is 1.37 bits per heavy atom. The van der Waals surface area contributed by atoms with E-state index in [1.54, 1.807) is 24.3 Å². The number of benzene rings is 1. The summed E-state index contributed by atoms with van der Waals surface area (Å²) in [6.07, 6.45) is 1.68. The summed E-state index contributed by atoms with van der Waals surface area (Å²) >= 11 is 6.00. The van der Waals surface area contributed by atoms with Crippen molar-refractivity contribution < 1.29 is 13.5 Å². The first-order valence-corrected chi connectivity index (χ1v) is 8.34. The molecule has 1 fully saturated rings. The van der Waals surface area contributed by atoms with E-state index < -0.39 is 10.0 Å². The summed E-state index contributed by atoms with van der Waals surface area (Å²) in [5.74, 6) is -0.0278. The zero-order valence-electron chi connectivity index (χ0n) is 10.6. The average molecular weight is 304 g/mol. The summed E-state index contributed by atoms with van der Waals surface area (Å²) in [6, 6.07) is 6.98. The number of halogens is 1. The standard InChI is InChI=1S/C13H18ClNO3S/c14-13-6-2-1-5-12(13)10-19(17,18)15-7-3-4-11(8-15)9-16/h1-2,5-6,11,16H,3-4,7-10H2. The lowest BCUT2D eigenvalue weighted by atomic mass is 10.0. The highest BCUT2D eigenvalue weighted by Gasteiger charge is 2.29. The van der Waals surface area contributed by atoms with Gasteiger partial charge in [-0.2, -0.15) is 0 Å². The predicted octanol–water partition coefficient (Wildman–Crippen LogP) is 1.87. The molecule has 1 unspecified atom stereocenters. The molecule has 106 valence electrons. The molecule has 0 saturated carbocycles. The molecule has 0 amide bonds. The van der Waals surface area contributed by atoms with E-state index in [2.05, 4.69) is 0 Å². The number of rotatable bonds is 4. The van der Waals surface area contributed by atoms with Gasteiger partial charge in [-0.05, 0) is 30.4 Å². The van der Waals surface area contributed by atoms with Gasteiger partial charge in [0.25, 0.3) is 0 Å². The van der Waals surface area contributed by atoms with Gasteiger partial charge in [0.15, 0.2) is 0 Å². The maximum absolute atomic E-state index is 12.4. The van der Waals surface area contributed by atoms with Gasteiger partial charge in [0.2, 0.25) is 10.0 Å². The van der Waals surface area contributed by atoms with Gasteiger partial charge >= 0.3 is 0 Å². The van der Waals surface area contributed by atoms with Gasteiger partial charge in [0, 0.05) is 24.7 Å². The zero-order chi connectivity index (χ0) is 13.9. The molecule has 1 aromatic carbocycles. The molecule has 4 nitrogen and oxygen atoms in total. The molecule has 1 N–H and O–H groups in total. The van der Waals surface area contributed by atoms with E-state index >= 15 is 0 Å². The Balaban J connectivity index is 2.12. The normalized spacial score (nSPS) is 21.5. The van der Waals surface area contributed by atoms with Crippen LogP contribution in [0.5, 0.6) is 0 Å². The van der Waals surface area contributed by atoms with E-state index in [0.717, 1.165) is 12.8 Å². The van der Waals surface area contributed by atoms with Crippen LogP contribution in [0, 0.1) is 5.92 Å². The molecule has 1 atom stereocenters. The van der Waals surface area contributed by atoms with E-state index in [9.17, 15) is 8.42 Å². The van der Waals surface area contributed by atoms with Gasteiger partial charge in [0.1, 0.15) is 0 Å². The molecule has 0 radical (unpaired) electrons. The number of nitrogens with zero attached hydrogens (tertiary/aromatic N) is 1. The smallest absolute Gasteiger partial charge is 0.218 e. The second-order valence-electron chi connectivity index (χ2n) is 4.90. The molecule has 0 aliphatic carbocycles. The molecule has 6 heteroatoms. The van der Waals surface area contributed by atoms with Crippen LogP contribution in [0.2, 0.25) is 5.02 Å². The molecule has 0 bridgehead atoms. The van der Waals surface area contributed by atoms with Crippen LogP contribution in [-0.2, 0) is 15.8 Å². The van der Waals surface area contributed by atoms with Crippen molar-refractivity contribution in [2.45, 2.75) is 18.6 Å².